The molecular weight excluding hydrogens is 212 g/mol. The fourth-order valence-electron chi connectivity index (χ4n) is 2.27. The van der Waals surface area contributed by atoms with Crippen molar-refractivity contribution >= 4 is 5.69 Å². The third-order valence-corrected chi connectivity index (χ3v) is 3.42. The molecule has 0 spiro atoms. The van der Waals surface area contributed by atoms with Crippen molar-refractivity contribution in [3.63, 3.8) is 0 Å². The summed E-state index contributed by atoms with van der Waals surface area (Å²) in [5.41, 5.74) is 2.72. The molecule has 1 aromatic rings. The van der Waals surface area contributed by atoms with Crippen molar-refractivity contribution in [3.05, 3.63) is 29.8 Å². The van der Waals surface area contributed by atoms with Crippen molar-refractivity contribution in [2.75, 3.05) is 38.7 Å². The van der Waals surface area contributed by atoms with Crippen LogP contribution in [0.3, 0.4) is 0 Å². The van der Waals surface area contributed by atoms with Crippen LogP contribution in [0.1, 0.15) is 12.5 Å². The van der Waals surface area contributed by atoms with E-state index in [0.717, 1.165) is 32.7 Å². The maximum atomic E-state index is 5.40. The van der Waals surface area contributed by atoms with Gasteiger partial charge >= 0.3 is 0 Å². The zero-order valence-corrected chi connectivity index (χ0v) is 10.8. The highest BCUT2D eigenvalue weighted by atomic mass is 16.5. The molecule has 0 aliphatic carbocycles. The Morgan fingerprint density at radius 3 is 3.06 bits per heavy atom. The van der Waals surface area contributed by atoms with Crippen LogP contribution in [0.5, 0.6) is 0 Å². The normalized spacial score (nSPS) is 18.9. The van der Waals surface area contributed by atoms with Gasteiger partial charge in [-0.3, -0.25) is 4.90 Å². The summed E-state index contributed by atoms with van der Waals surface area (Å²) in [7, 11) is 2.18. The summed E-state index contributed by atoms with van der Waals surface area (Å²) >= 11 is 0. The van der Waals surface area contributed by atoms with Crippen molar-refractivity contribution in [1.29, 1.82) is 0 Å². The summed E-state index contributed by atoms with van der Waals surface area (Å²) in [5.74, 6) is 0. The number of para-hydroxylation sites is 1. The lowest BCUT2D eigenvalue weighted by Crippen LogP contribution is -2.43. The summed E-state index contributed by atoms with van der Waals surface area (Å²) in [4.78, 5) is 2.39. The Morgan fingerprint density at radius 2 is 2.24 bits per heavy atom. The molecule has 1 aliphatic heterocycles. The second kappa shape index (κ2) is 6.03. The quantitative estimate of drug-likeness (QED) is 0.789. The summed E-state index contributed by atoms with van der Waals surface area (Å²) in [5, 5.41) is 3.50. The van der Waals surface area contributed by atoms with E-state index in [4.69, 9.17) is 4.74 Å². The molecule has 1 N–H and O–H groups in total. The van der Waals surface area contributed by atoms with E-state index in [1.165, 1.54) is 11.3 Å². The number of anilines is 1. The fourth-order valence-corrected chi connectivity index (χ4v) is 2.27. The van der Waals surface area contributed by atoms with Crippen LogP contribution in [-0.4, -0.2) is 44.3 Å². The topological polar surface area (TPSA) is 24.5 Å². The number of rotatable bonds is 5. The summed E-state index contributed by atoms with van der Waals surface area (Å²) in [6.07, 6.45) is 1.13. The van der Waals surface area contributed by atoms with E-state index in [9.17, 15) is 0 Å². The molecule has 1 atom stereocenters. The number of nitrogens with one attached hydrogen (secondary N) is 1. The maximum Gasteiger partial charge on any atom is 0.0593 e. The maximum absolute atomic E-state index is 5.40. The minimum absolute atomic E-state index is 0.574. The standard InChI is InChI=1S/C14H22N2O/c1-3-17-9-8-16(2)13-10-12-6-4-5-7-14(12)15-11-13/h4-7,13,15H,3,8-11H2,1-2H3. The summed E-state index contributed by atoms with van der Waals surface area (Å²) in [6.45, 7) is 5.70. The Balaban J connectivity index is 1.88. The number of hydrogen-bond donors (Lipinski definition) is 1. The molecular formula is C14H22N2O. The zero-order chi connectivity index (χ0) is 12.1. The number of hydrogen-bond acceptors (Lipinski definition) is 3. The van der Waals surface area contributed by atoms with Crippen LogP contribution < -0.4 is 5.32 Å². The van der Waals surface area contributed by atoms with E-state index < -0.39 is 0 Å². The van der Waals surface area contributed by atoms with Gasteiger partial charge in [-0.1, -0.05) is 18.2 Å². The van der Waals surface area contributed by atoms with Crippen LogP contribution in [0, 0.1) is 0 Å². The van der Waals surface area contributed by atoms with Gasteiger partial charge in [-0.2, -0.15) is 0 Å². The molecule has 0 amide bonds. The molecule has 0 saturated carbocycles. The lowest BCUT2D eigenvalue weighted by Gasteiger charge is -2.33. The van der Waals surface area contributed by atoms with E-state index in [1.807, 2.05) is 6.92 Å². The molecule has 0 aromatic heterocycles. The van der Waals surface area contributed by atoms with Gasteiger partial charge in [0, 0.05) is 31.4 Å². The lowest BCUT2D eigenvalue weighted by molar-refractivity contribution is 0.108. The first kappa shape index (κ1) is 12.4. The van der Waals surface area contributed by atoms with Crippen LogP contribution in [0.25, 0.3) is 0 Å². The number of likely N-dealkylation sites (N-methyl/N-ethyl adjacent to an activating group) is 1. The second-order valence-corrected chi connectivity index (χ2v) is 4.57. The Hall–Kier alpha value is -1.06. The van der Waals surface area contributed by atoms with E-state index in [1.54, 1.807) is 0 Å². The van der Waals surface area contributed by atoms with Crippen molar-refractivity contribution < 1.29 is 4.74 Å². The predicted molar refractivity (Wildman–Crippen MR) is 71.5 cm³/mol. The number of benzene rings is 1. The summed E-state index contributed by atoms with van der Waals surface area (Å²) in [6, 6.07) is 9.15. The molecule has 3 nitrogen and oxygen atoms in total. The lowest BCUT2D eigenvalue weighted by atomic mass is 9.99. The largest absolute Gasteiger partial charge is 0.383 e. The van der Waals surface area contributed by atoms with Crippen molar-refractivity contribution in [3.8, 4) is 0 Å². The van der Waals surface area contributed by atoms with Crippen LogP contribution in [-0.2, 0) is 11.2 Å². The van der Waals surface area contributed by atoms with Crippen LogP contribution >= 0.6 is 0 Å². The summed E-state index contributed by atoms with van der Waals surface area (Å²) < 4.78 is 5.40. The van der Waals surface area contributed by atoms with E-state index >= 15 is 0 Å². The molecule has 94 valence electrons. The second-order valence-electron chi connectivity index (χ2n) is 4.57. The van der Waals surface area contributed by atoms with Gasteiger partial charge in [-0.25, -0.2) is 0 Å². The Morgan fingerprint density at radius 1 is 1.41 bits per heavy atom. The number of nitrogens with zero attached hydrogens (tertiary/aromatic N) is 1. The SMILES string of the molecule is CCOCCN(C)C1CNc2ccccc2C1. The van der Waals surface area contributed by atoms with Gasteiger partial charge in [0.2, 0.25) is 0 Å². The first-order valence-corrected chi connectivity index (χ1v) is 6.41. The van der Waals surface area contributed by atoms with Crippen LogP contribution in [0.15, 0.2) is 24.3 Å². The van der Waals surface area contributed by atoms with E-state index in [0.29, 0.717) is 6.04 Å². The van der Waals surface area contributed by atoms with Crippen molar-refractivity contribution in [2.45, 2.75) is 19.4 Å². The van der Waals surface area contributed by atoms with Gasteiger partial charge in [-0.15, -0.1) is 0 Å². The highest BCUT2D eigenvalue weighted by molar-refractivity contribution is 5.53. The van der Waals surface area contributed by atoms with Crippen molar-refractivity contribution in [1.82, 2.24) is 4.90 Å². The third kappa shape index (κ3) is 3.20. The monoisotopic (exact) mass is 234 g/mol. The molecule has 3 heteroatoms. The smallest absolute Gasteiger partial charge is 0.0593 e. The first-order valence-electron chi connectivity index (χ1n) is 6.41. The molecule has 0 radical (unpaired) electrons. The average molecular weight is 234 g/mol. The molecule has 0 bridgehead atoms. The van der Waals surface area contributed by atoms with Gasteiger partial charge in [0.15, 0.2) is 0 Å². The molecule has 1 aliphatic rings. The molecule has 2 rings (SSSR count). The third-order valence-electron chi connectivity index (χ3n) is 3.42. The number of ether oxygens (including phenoxy) is 1. The van der Waals surface area contributed by atoms with E-state index in [2.05, 4.69) is 41.5 Å². The Kier molecular flexibility index (Phi) is 4.40. The molecule has 1 unspecified atom stereocenters. The highest BCUT2D eigenvalue weighted by Crippen LogP contribution is 2.22. The van der Waals surface area contributed by atoms with Gasteiger partial charge < -0.3 is 10.1 Å². The van der Waals surface area contributed by atoms with Gasteiger partial charge in [-0.05, 0) is 32.0 Å². The number of fused-ring (bicyclic) bond motifs is 1. The Labute approximate surface area is 104 Å². The molecule has 1 aromatic carbocycles. The van der Waals surface area contributed by atoms with E-state index in [-0.39, 0.29) is 0 Å². The van der Waals surface area contributed by atoms with Gasteiger partial charge in [0.05, 0.1) is 6.61 Å². The van der Waals surface area contributed by atoms with Gasteiger partial charge in [0.25, 0.3) is 0 Å². The molecule has 1 heterocycles. The predicted octanol–water partition coefficient (Wildman–Crippen LogP) is 1.99. The molecule has 0 fully saturated rings. The van der Waals surface area contributed by atoms with Crippen LogP contribution in [0.2, 0.25) is 0 Å². The molecule has 0 saturated heterocycles. The minimum Gasteiger partial charge on any atom is -0.383 e. The minimum atomic E-state index is 0.574. The molecule has 17 heavy (non-hydrogen) atoms. The highest BCUT2D eigenvalue weighted by Gasteiger charge is 2.20. The van der Waals surface area contributed by atoms with Crippen molar-refractivity contribution in [2.24, 2.45) is 0 Å². The Bertz CT molecular complexity index is 354. The first-order chi connectivity index (χ1) is 8.31. The zero-order valence-electron chi connectivity index (χ0n) is 10.8. The van der Waals surface area contributed by atoms with Crippen LogP contribution in [0.4, 0.5) is 5.69 Å². The van der Waals surface area contributed by atoms with Gasteiger partial charge in [0.1, 0.15) is 0 Å². The average Bonchev–Trinajstić information content (AvgIpc) is 2.38. The fraction of sp³-hybridized carbons (Fsp3) is 0.571.